The molecule has 3 N–H and O–H groups in total. The third kappa shape index (κ3) is 2.84. The fraction of sp³-hybridized carbons (Fsp3) is 0.0833. The summed E-state index contributed by atoms with van der Waals surface area (Å²) >= 11 is 1.65. The van der Waals surface area contributed by atoms with Crippen molar-refractivity contribution in [1.29, 1.82) is 5.41 Å². The van der Waals surface area contributed by atoms with Gasteiger partial charge in [0.15, 0.2) is 0 Å². The molecule has 0 aliphatic rings. The molecule has 1 heterocycles. The van der Waals surface area contributed by atoms with E-state index in [4.69, 9.17) is 11.1 Å². The maximum atomic E-state index is 7.31. The lowest BCUT2D eigenvalue weighted by Gasteiger charge is -2.02. The molecule has 16 heavy (non-hydrogen) atoms. The van der Waals surface area contributed by atoms with E-state index < -0.39 is 0 Å². The van der Waals surface area contributed by atoms with Gasteiger partial charge in [0, 0.05) is 6.42 Å². The Labute approximate surface area is 105 Å². The molecule has 0 aliphatic carbocycles. The first-order valence-corrected chi connectivity index (χ1v) is 5.65. The van der Waals surface area contributed by atoms with Crippen molar-refractivity contribution in [1.82, 2.24) is 0 Å². The smallest absolute Gasteiger partial charge is 0.0950 e. The molecule has 0 aliphatic heterocycles. The fourth-order valence-corrected chi connectivity index (χ4v) is 2.40. The van der Waals surface area contributed by atoms with Gasteiger partial charge in [0.1, 0.15) is 0 Å². The zero-order valence-electron chi connectivity index (χ0n) is 8.64. The molecule has 1 aromatic carbocycles. The number of nitrogens with one attached hydrogen (secondary N) is 1. The first-order chi connectivity index (χ1) is 7.27. The SMILES string of the molecule is Cl.N=C(N)Cc1cscc1-c1ccccc1. The van der Waals surface area contributed by atoms with Crippen molar-refractivity contribution >= 4 is 29.6 Å². The van der Waals surface area contributed by atoms with Crippen LogP contribution in [0.3, 0.4) is 0 Å². The Kier molecular flexibility index (Phi) is 4.52. The average Bonchev–Trinajstić information content (AvgIpc) is 2.66. The van der Waals surface area contributed by atoms with Crippen LogP contribution in [0.1, 0.15) is 5.56 Å². The Hall–Kier alpha value is -1.32. The van der Waals surface area contributed by atoms with E-state index >= 15 is 0 Å². The lowest BCUT2D eigenvalue weighted by Crippen LogP contribution is -2.12. The number of amidine groups is 1. The maximum absolute atomic E-state index is 7.31. The van der Waals surface area contributed by atoms with E-state index in [1.54, 1.807) is 11.3 Å². The van der Waals surface area contributed by atoms with Crippen LogP contribution in [-0.4, -0.2) is 5.84 Å². The molecule has 0 saturated carbocycles. The van der Waals surface area contributed by atoms with Gasteiger partial charge in [-0.25, -0.2) is 0 Å². The van der Waals surface area contributed by atoms with Gasteiger partial charge < -0.3 is 5.73 Å². The summed E-state index contributed by atoms with van der Waals surface area (Å²) in [5.41, 5.74) is 8.94. The second kappa shape index (κ2) is 5.68. The summed E-state index contributed by atoms with van der Waals surface area (Å²) < 4.78 is 0. The summed E-state index contributed by atoms with van der Waals surface area (Å²) in [6.07, 6.45) is 0.535. The Bertz CT molecular complexity index is 465. The number of hydrogen-bond donors (Lipinski definition) is 2. The highest BCUT2D eigenvalue weighted by atomic mass is 35.5. The number of nitrogens with two attached hydrogens (primary N) is 1. The number of hydrogen-bond acceptors (Lipinski definition) is 2. The van der Waals surface area contributed by atoms with Crippen molar-refractivity contribution < 1.29 is 0 Å². The standard InChI is InChI=1S/C12H12N2S.ClH/c13-12(14)6-10-7-15-8-11(10)9-4-2-1-3-5-9;/h1-5,7-8H,6H2,(H3,13,14);1H. The molecule has 2 rings (SSSR count). The van der Waals surface area contributed by atoms with E-state index in [1.807, 2.05) is 18.2 Å². The van der Waals surface area contributed by atoms with Crippen molar-refractivity contribution in [3.63, 3.8) is 0 Å². The Morgan fingerprint density at radius 2 is 1.88 bits per heavy atom. The molecule has 2 aromatic rings. The predicted molar refractivity (Wildman–Crippen MR) is 72.6 cm³/mol. The van der Waals surface area contributed by atoms with Crippen molar-refractivity contribution in [2.45, 2.75) is 6.42 Å². The third-order valence-corrected chi connectivity index (χ3v) is 3.00. The van der Waals surface area contributed by atoms with Gasteiger partial charge >= 0.3 is 0 Å². The second-order valence-corrected chi connectivity index (χ2v) is 4.12. The van der Waals surface area contributed by atoms with Crippen molar-refractivity contribution in [2.24, 2.45) is 5.73 Å². The van der Waals surface area contributed by atoms with E-state index in [-0.39, 0.29) is 18.2 Å². The van der Waals surface area contributed by atoms with E-state index in [9.17, 15) is 0 Å². The second-order valence-electron chi connectivity index (χ2n) is 3.38. The quantitative estimate of drug-likeness (QED) is 0.639. The third-order valence-electron chi connectivity index (χ3n) is 2.21. The number of rotatable bonds is 3. The molecule has 2 nitrogen and oxygen atoms in total. The zero-order valence-corrected chi connectivity index (χ0v) is 10.3. The van der Waals surface area contributed by atoms with E-state index in [1.165, 1.54) is 11.1 Å². The highest BCUT2D eigenvalue weighted by Gasteiger charge is 2.06. The molecule has 0 unspecified atom stereocenters. The molecule has 0 bridgehead atoms. The summed E-state index contributed by atoms with van der Waals surface area (Å²) in [4.78, 5) is 0. The van der Waals surface area contributed by atoms with Crippen LogP contribution in [0.5, 0.6) is 0 Å². The van der Waals surface area contributed by atoms with Crippen LogP contribution >= 0.6 is 23.7 Å². The van der Waals surface area contributed by atoms with Crippen molar-refractivity contribution in [2.75, 3.05) is 0 Å². The van der Waals surface area contributed by atoms with Crippen LogP contribution in [0.25, 0.3) is 11.1 Å². The van der Waals surface area contributed by atoms with Crippen LogP contribution in [0.15, 0.2) is 41.1 Å². The highest BCUT2D eigenvalue weighted by Crippen LogP contribution is 2.27. The van der Waals surface area contributed by atoms with Crippen molar-refractivity contribution in [3.8, 4) is 11.1 Å². The Morgan fingerprint density at radius 1 is 1.19 bits per heavy atom. The minimum absolute atomic E-state index is 0. The van der Waals surface area contributed by atoms with Gasteiger partial charge in [-0.1, -0.05) is 30.3 Å². The molecule has 0 radical (unpaired) electrons. The summed E-state index contributed by atoms with van der Waals surface area (Å²) in [7, 11) is 0. The summed E-state index contributed by atoms with van der Waals surface area (Å²) in [6, 6.07) is 10.2. The Balaban J connectivity index is 0.00000128. The van der Waals surface area contributed by atoms with Gasteiger partial charge in [-0.15, -0.1) is 12.4 Å². The molecule has 0 fully saturated rings. The number of halogens is 1. The van der Waals surface area contributed by atoms with Crippen LogP contribution in [-0.2, 0) is 6.42 Å². The summed E-state index contributed by atoms with van der Waals surface area (Å²) in [5, 5.41) is 11.5. The molecule has 1 aromatic heterocycles. The van der Waals surface area contributed by atoms with E-state index in [0.717, 1.165) is 5.56 Å². The van der Waals surface area contributed by atoms with Gasteiger partial charge in [0.05, 0.1) is 5.84 Å². The molecule has 4 heteroatoms. The van der Waals surface area contributed by atoms with E-state index in [0.29, 0.717) is 6.42 Å². The highest BCUT2D eigenvalue weighted by molar-refractivity contribution is 7.08. The number of benzene rings is 1. The lowest BCUT2D eigenvalue weighted by molar-refractivity contribution is 1.26. The molecule has 0 saturated heterocycles. The molecular weight excluding hydrogens is 240 g/mol. The average molecular weight is 253 g/mol. The molecular formula is C12H13ClN2S. The molecule has 84 valence electrons. The molecule has 0 atom stereocenters. The van der Waals surface area contributed by atoms with E-state index in [2.05, 4.69) is 22.9 Å². The normalized spacial score (nSPS) is 9.50. The lowest BCUT2D eigenvalue weighted by atomic mass is 10.0. The first kappa shape index (κ1) is 12.7. The minimum Gasteiger partial charge on any atom is -0.387 e. The summed E-state index contributed by atoms with van der Waals surface area (Å²) in [6.45, 7) is 0. The van der Waals surface area contributed by atoms with Gasteiger partial charge in [-0.2, -0.15) is 11.3 Å². The maximum Gasteiger partial charge on any atom is 0.0950 e. The topological polar surface area (TPSA) is 49.9 Å². The Morgan fingerprint density at radius 3 is 2.50 bits per heavy atom. The first-order valence-electron chi connectivity index (χ1n) is 4.71. The van der Waals surface area contributed by atoms with Gasteiger partial charge in [-0.05, 0) is 27.5 Å². The van der Waals surface area contributed by atoms with Crippen molar-refractivity contribution in [3.05, 3.63) is 46.7 Å². The predicted octanol–water partition coefficient (Wildman–Crippen LogP) is 3.32. The van der Waals surface area contributed by atoms with Crippen LogP contribution in [0, 0.1) is 5.41 Å². The zero-order chi connectivity index (χ0) is 10.7. The van der Waals surface area contributed by atoms with Gasteiger partial charge in [-0.3, -0.25) is 5.41 Å². The molecule has 0 amide bonds. The van der Waals surface area contributed by atoms with Gasteiger partial charge in [0.2, 0.25) is 0 Å². The number of thiophene rings is 1. The van der Waals surface area contributed by atoms with Crippen LogP contribution in [0.2, 0.25) is 0 Å². The fourth-order valence-electron chi connectivity index (χ4n) is 1.54. The molecule has 0 spiro atoms. The monoisotopic (exact) mass is 252 g/mol. The van der Waals surface area contributed by atoms with Crippen LogP contribution in [0.4, 0.5) is 0 Å². The van der Waals surface area contributed by atoms with Crippen LogP contribution < -0.4 is 5.73 Å². The summed E-state index contributed by atoms with van der Waals surface area (Å²) in [5.74, 6) is 0.214. The van der Waals surface area contributed by atoms with Gasteiger partial charge in [0.25, 0.3) is 0 Å². The largest absolute Gasteiger partial charge is 0.387 e. The minimum atomic E-state index is 0.